The number of fused-ring (bicyclic) bond motifs is 3. The molecule has 0 amide bonds. The van der Waals surface area contributed by atoms with Crippen LogP contribution >= 0.6 is 34.5 Å². The lowest BCUT2D eigenvalue weighted by Gasteiger charge is -2.12. The van der Waals surface area contributed by atoms with E-state index in [0.29, 0.717) is 15.6 Å². The molecule has 0 fully saturated rings. The van der Waals surface area contributed by atoms with Crippen molar-refractivity contribution in [2.45, 2.75) is 32.6 Å². The van der Waals surface area contributed by atoms with E-state index < -0.39 is 0 Å². The average Bonchev–Trinajstić information content (AvgIpc) is 3.28. The number of aromatic nitrogens is 2. The third kappa shape index (κ3) is 3.68. The third-order valence-corrected chi connectivity index (χ3v) is 7.36. The first kappa shape index (κ1) is 20.3. The minimum atomic E-state index is 0.552. The molecule has 0 radical (unpaired) electrons. The van der Waals surface area contributed by atoms with Gasteiger partial charge in [0, 0.05) is 21.2 Å². The van der Waals surface area contributed by atoms with Crippen LogP contribution in [-0.2, 0) is 12.8 Å². The van der Waals surface area contributed by atoms with Gasteiger partial charge in [-0.25, -0.2) is 4.98 Å². The quantitative estimate of drug-likeness (QED) is 0.293. The zero-order chi connectivity index (χ0) is 21.5. The molecule has 5 rings (SSSR count). The summed E-state index contributed by atoms with van der Waals surface area (Å²) in [4.78, 5) is 7.32. The molecule has 0 aliphatic heterocycles. The Morgan fingerprint density at radius 2 is 2.00 bits per heavy atom. The summed E-state index contributed by atoms with van der Waals surface area (Å²) in [6.07, 6.45) is 6.44. The van der Waals surface area contributed by atoms with Crippen LogP contribution in [0.25, 0.3) is 27.9 Å². The molecule has 2 heterocycles. The van der Waals surface area contributed by atoms with Crippen molar-refractivity contribution in [2.75, 3.05) is 0 Å². The van der Waals surface area contributed by atoms with Gasteiger partial charge in [-0.2, -0.15) is 5.26 Å². The van der Waals surface area contributed by atoms with Crippen molar-refractivity contribution >= 4 is 51.1 Å². The molecule has 2 aromatic heterocycles. The van der Waals surface area contributed by atoms with Gasteiger partial charge in [0.15, 0.2) is 4.96 Å². The molecule has 1 aliphatic carbocycles. The van der Waals surface area contributed by atoms with Crippen molar-refractivity contribution in [3.8, 4) is 17.3 Å². The van der Waals surface area contributed by atoms with Gasteiger partial charge in [0.2, 0.25) is 0 Å². The van der Waals surface area contributed by atoms with Gasteiger partial charge in [-0.3, -0.25) is 4.40 Å². The first-order valence-corrected chi connectivity index (χ1v) is 11.8. The monoisotopic (exact) mass is 463 g/mol. The van der Waals surface area contributed by atoms with E-state index in [1.165, 1.54) is 23.4 Å². The largest absolute Gasteiger partial charge is 0.287 e. The minimum absolute atomic E-state index is 0.552. The van der Waals surface area contributed by atoms with E-state index >= 15 is 0 Å². The fraction of sp³-hybridized carbons (Fsp3) is 0.200. The first-order valence-electron chi connectivity index (χ1n) is 10.2. The number of thiazole rings is 1. The zero-order valence-electron chi connectivity index (χ0n) is 17.0. The number of nitriles is 1. The number of rotatable bonds is 3. The summed E-state index contributed by atoms with van der Waals surface area (Å²) in [6.45, 7) is 2.03. The lowest BCUT2D eigenvalue weighted by atomic mass is 10.0. The number of benzene rings is 2. The van der Waals surface area contributed by atoms with Crippen molar-refractivity contribution in [2.24, 2.45) is 0 Å². The Hall–Kier alpha value is -2.58. The van der Waals surface area contributed by atoms with Crippen LogP contribution in [0.4, 0.5) is 0 Å². The molecule has 6 heteroatoms. The number of allylic oxidation sites excluding steroid dienone is 1. The zero-order valence-corrected chi connectivity index (χ0v) is 19.3. The predicted octanol–water partition coefficient (Wildman–Crippen LogP) is 7.62. The van der Waals surface area contributed by atoms with Crippen LogP contribution in [0.5, 0.6) is 0 Å². The second kappa shape index (κ2) is 8.16. The number of halogens is 2. The van der Waals surface area contributed by atoms with Gasteiger partial charge in [0.05, 0.1) is 28.1 Å². The first-order chi connectivity index (χ1) is 15.0. The van der Waals surface area contributed by atoms with Crippen LogP contribution in [0.1, 0.15) is 40.2 Å². The van der Waals surface area contributed by atoms with Crippen molar-refractivity contribution in [1.29, 1.82) is 5.26 Å². The fourth-order valence-corrected chi connectivity index (χ4v) is 5.91. The Morgan fingerprint density at radius 3 is 2.77 bits per heavy atom. The highest BCUT2D eigenvalue weighted by molar-refractivity contribution is 7.17. The fourth-order valence-electron chi connectivity index (χ4n) is 4.20. The van der Waals surface area contributed by atoms with Gasteiger partial charge in [0.25, 0.3) is 0 Å². The van der Waals surface area contributed by atoms with Crippen LogP contribution < -0.4 is 0 Å². The van der Waals surface area contributed by atoms with Gasteiger partial charge in [0.1, 0.15) is 0 Å². The van der Waals surface area contributed by atoms with Crippen molar-refractivity contribution in [3.63, 3.8) is 0 Å². The maximum atomic E-state index is 9.99. The Morgan fingerprint density at radius 1 is 1.16 bits per heavy atom. The number of hydrogen-bond acceptors (Lipinski definition) is 3. The maximum Gasteiger partial charge on any atom is 0.195 e. The summed E-state index contributed by atoms with van der Waals surface area (Å²) in [5.74, 6) is 0. The summed E-state index contributed by atoms with van der Waals surface area (Å²) >= 11 is 14.4. The predicted molar refractivity (Wildman–Crippen MR) is 130 cm³/mol. The van der Waals surface area contributed by atoms with E-state index in [4.69, 9.17) is 28.2 Å². The van der Waals surface area contributed by atoms with E-state index in [0.717, 1.165) is 45.9 Å². The molecule has 0 unspecified atom stereocenters. The molecule has 0 bridgehead atoms. The van der Waals surface area contributed by atoms with Crippen LogP contribution in [0.15, 0.2) is 42.5 Å². The molecule has 0 spiro atoms. The smallest absolute Gasteiger partial charge is 0.195 e. The SMILES string of the molecule is Cc1cccc(C(C#N)=Cc2c(-c3ccc(Cl)cc3Cl)nc3sc4c(n23)CCCC4)c1. The molecule has 31 heavy (non-hydrogen) atoms. The third-order valence-electron chi connectivity index (χ3n) is 5.67. The van der Waals surface area contributed by atoms with E-state index in [1.807, 2.05) is 49.4 Å². The summed E-state index contributed by atoms with van der Waals surface area (Å²) in [7, 11) is 0. The van der Waals surface area contributed by atoms with E-state index in [-0.39, 0.29) is 0 Å². The second-order valence-electron chi connectivity index (χ2n) is 7.81. The van der Waals surface area contributed by atoms with Crippen LogP contribution in [-0.4, -0.2) is 9.38 Å². The van der Waals surface area contributed by atoms with Gasteiger partial charge in [-0.1, -0.05) is 53.0 Å². The summed E-state index contributed by atoms with van der Waals surface area (Å²) < 4.78 is 2.23. The molecule has 4 aromatic rings. The van der Waals surface area contributed by atoms with Crippen LogP contribution in [0, 0.1) is 18.3 Å². The van der Waals surface area contributed by atoms with E-state index in [9.17, 15) is 5.26 Å². The molecule has 1 aliphatic rings. The molecule has 0 atom stereocenters. The van der Waals surface area contributed by atoms with Gasteiger partial charge in [-0.15, -0.1) is 11.3 Å². The van der Waals surface area contributed by atoms with Gasteiger partial charge >= 0.3 is 0 Å². The second-order valence-corrected chi connectivity index (χ2v) is 9.71. The highest BCUT2D eigenvalue weighted by atomic mass is 35.5. The summed E-state index contributed by atoms with van der Waals surface area (Å²) in [5, 5.41) is 11.1. The molecule has 0 saturated carbocycles. The Labute approximate surface area is 195 Å². The number of hydrogen-bond donors (Lipinski definition) is 0. The molecular weight excluding hydrogens is 445 g/mol. The lowest BCUT2D eigenvalue weighted by molar-refractivity contribution is 0.674. The van der Waals surface area contributed by atoms with E-state index in [2.05, 4.69) is 10.5 Å². The number of imidazole rings is 1. The van der Waals surface area contributed by atoms with Crippen molar-refractivity contribution in [3.05, 3.63) is 79.9 Å². The van der Waals surface area contributed by atoms with Gasteiger partial charge in [-0.05, 0) is 62.4 Å². The summed E-state index contributed by atoms with van der Waals surface area (Å²) in [5.41, 5.74) is 6.42. The summed E-state index contributed by atoms with van der Waals surface area (Å²) in [6, 6.07) is 15.9. The molecule has 0 N–H and O–H groups in total. The number of aryl methyl sites for hydroxylation is 3. The van der Waals surface area contributed by atoms with Gasteiger partial charge < -0.3 is 0 Å². The number of nitrogens with zero attached hydrogens (tertiary/aromatic N) is 3. The maximum absolute atomic E-state index is 9.99. The lowest BCUT2D eigenvalue weighted by Crippen LogP contribution is -2.04. The van der Waals surface area contributed by atoms with Crippen molar-refractivity contribution < 1.29 is 0 Å². The molecule has 154 valence electrons. The Bertz CT molecular complexity index is 1390. The van der Waals surface area contributed by atoms with Crippen molar-refractivity contribution in [1.82, 2.24) is 9.38 Å². The van der Waals surface area contributed by atoms with Crippen LogP contribution in [0.2, 0.25) is 10.0 Å². The normalized spacial score (nSPS) is 13.9. The Kier molecular flexibility index (Phi) is 5.35. The molecular formula is C25H19Cl2N3S. The molecule has 3 nitrogen and oxygen atoms in total. The highest BCUT2D eigenvalue weighted by Crippen LogP contribution is 2.39. The molecule has 2 aromatic carbocycles. The average molecular weight is 464 g/mol. The minimum Gasteiger partial charge on any atom is -0.287 e. The van der Waals surface area contributed by atoms with E-state index in [1.54, 1.807) is 17.4 Å². The Balaban J connectivity index is 1.80. The highest BCUT2D eigenvalue weighted by Gasteiger charge is 2.24. The standard InChI is InChI=1S/C25H19Cl2N3S/c1-15-5-4-6-16(11-15)17(14-28)12-22-24(19-10-9-18(26)13-20(19)27)29-25-30(22)21-7-2-3-8-23(21)31-25/h4-6,9-13H,2-3,7-8H2,1H3. The molecule has 0 saturated heterocycles. The van der Waals surface area contributed by atoms with Crippen LogP contribution in [0.3, 0.4) is 0 Å². The topological polar surface area (TPSA) is 41.1 Å².